The molecule has 3 amide bonds. The number of ether oxygens (including phenoxy) is 1. The van der Waals surface area contributed by atoms with Gasteiger partial charge >= 0.3 is 0 Å². The molecule has 2 saturated heterocycles. The summed E-state index contributed by atoms with van der Waals surface area (Å²) in [7, 11) is 0. The molecular weight excluding hydrogens is 413 g/mol. The molecule has 2 aromatic rings. The number of halogens is 1. The number of carbonyl (C=O) groups is 3. The predicted molar refractivity (Wildman–Crippen MR) is 115 cm³/mol. The van der Waals surface area contributed by atoms with E-state index in [0.717, 1.165) is 5.56 Å². The zero-order valence-corrected chi connectivity index (χ0v) is 18.0. The van der Waals surface area contributed by atoms with Crippen molar-refractivity contribution in [3.8, 4) is 5.75 Å². The fraction of sp³-hybridized carbons (Fsp3) is 0.375. The summed E-state index contributed by atoms with van der Waals surface area (Å²) in [6, 6.07) is 12.9. The molecule has 2 aliphatic heterocycles. The average molecular weight is 439 g/mol. The van der Waals surface area contributed by atoms with Gasteiger partial charge < -0.3 is 19.4 Å². The van der Waals surface area contributed by atoms with E-state index in [9.17, 15) is 18.8 Å². The molecule has 4 rings (SSSR count). The lowest BCUT2D eigenvalue weighted by atomic mass is 10.1. The van der Waals surface area contributed by atoms with Crippen molar-refractivity contribution in [2.45, 2.75) is 25.9 Å². The van der Waals surface area contributed by atoms with Crippen LogP contribution in [0.25, 0.3) is 0 Å². The Hall–Kier alpha value is -3.42. The molecule has 2 heterocycles. The quantitative estimate of drug-likeness (QED) is 0.715. The molecule has 0 radical (unpaired) electrons. The first-order valence-corrected chi connectivity index (χ1v) is 10.7. The second kappa shape index (κ2) is 9.38. The SMILES string of the molecule is Cc1cccc(OCC(=O)N2CCC3C(=O)N(Cc4cccc(F)c4)CC(=O)N3CC2)c1. The lowest BCUT2D eigenvalue weighted by Crippen LogP contribution is -2.59. The molecule has 0 saturated carbocycles. The Morgan fingerprint density at radius 1 is 1.09 bits per heavy atom. The molecule has 168 valence electrons. The summed E-state index contributed by atoms with van der Waals surface area (Å²) in [5, 5.41) is 0. The van der Waals surface area contributed by atoms with Crippen molar-refractivity contribution in [2.24, 2.45) is 0 Å². The van der Waals surface area contributed by atoms with Crippen LogP contribution in [0, 0.1) is 12.7 Å². The highest BCUT2D eigenvalue weighted by Crippen LogP contribution is 2.21. The molecule has 0 aliphatic carbocycles. The maximum atomic E-state index is 13.5. The monoisotopic (exact) mass is 439 g/mol. The summed E-state index contributed by atoms with van der Waals surface area (Å²) in [5.74, 6) is -0.251. The molecule has 1 atom stereocenters. The van der Waals surface area contributed by atoms with Gasteiger partial charge in [-0.2, -0.15) is 0 Å². The molecule has 32 heavy (non-hydrogen) atoms. The molecular formula is C24H26FN3O4. The summed E-state index contributed by atoms with van der Waals surface area (Å²) < 4.78 is 19.1. The predicted octanol–water partition coefficient (Wildman–Crippen LogP) is 1.98. The van der Waals surface area contributed by atoms with Gasteiger partial charge in [-0.15, -0.1) is 0 Å². The Morgan fingerprint density at radius 3 is 2.69 bits per heavy atom. The largest absolute Gasteiger partial charge is 0.484 e. The Morgan fingerprint density at radius 2 is 1.91 bits per heavy atom. The molecule has 8 heteroatoms. The second-order valence-electron chi connectivity index (χ2n) is 8.20. The van der Waals surface area contributed by atoms with Crippen LogP contribution in [0.15, 0.2) is 48.5 Å². The first-order valence-electron chi connectivity index (χ1n) is 10.7. The van der Waals surface area contributed by atoms with E-state index in [1.165, 1.54) is 17.0 Å². The highest BCUT2D eigenvalue weighted by molar-refractivity contribution is 5.95. The van der Waals surface area contributed by atoms with Crippen LogP contribution in [0.3, 0.4) is 0 Å². The van der Waals surface area contributed by atoms with Crippen molar-refractivity contribution in [2.75, 3.05) is 32.8 Å². The van der Waals surface area contributed by atoms with Gasteiger partial charge in [0, 0.05) is 26.2 Å². The number of benzene rings is 2. The van der Waals surface area contributed by atoms with Crippen LogP contribution in [-0.4, -0.2) is 71.2 Å². The molecule has 2 aromatic carbocycles. The Kier molecular flexibility index (Phi) is 6.39. The number of fused-ring (bicyclic) bond motifs is 1. The van der Waals surface area contributed by atoms with Gasteiger partial charge in [0.2, 0.25) is 11.8 Å². The standard InChI is InChI=1S/C24H26FN3O4/c1-17-4-2-7-20(12-17)32-16-23(30)26-9-8-21-24(31)27(15-22(29)28(21)11-10-26)14-18-5-3-6-19(25)13-18/h2-7,12-13,21H,8-11,14-16H2,1H3. The number of carbonyl (C=O) groups excluding carboxylic acids is 3. The van der Waals surface area contributed by atoms with Crippen molar-refractivity contribution in [3.63, 3.8) is 0 Å². The van der Waals surface area contributed by atoms with E-state index in [0.29, 0.717) is 37.4 Å². The van der Waals surface area contributed by atoms with Crippen molar-refractivity contribution >= 4 is 17.7 Å². The van der Waals surface area contributed by atoms with Crippen molar-refractivity contribution < 1.29 is 23.5 Å². The molecule has 7 nitrogen and oxygen atoms in total. The third kappa shape index (κ3) is 4.90. The van der Waals surface area contributed by atoms with Gasteiger partial charge in [0.05, 0.1) is 0 Å². The smallest absolute Gasteiger partial charge is 0.260 e. The van der Waals surface area contributed by atoms with E-state index < -0.39 is 6.04 Å². The van der Waals surface area contributed by atoms with Gasteiger partial charge in [-0.05, 0) is 48.7 Å². The highest BCUT2D eigenvalue weighted by atomic mass is 19.1. The summed E-state index contributed by atoms with van der Waals surface area (Å²) in [6.45, 7) is 3.02. The summed E-state index contributed by atoms with van der Waals surface area (Å²) in [4.78, 5) is 43.2. The van der Waals surface area contributed by atoms with Gasteiger partial charge in [-0.3, -0.25) is 14.4 Å². The highest BCUT2D eigenvalue weighted by Gasteiger charge is 2.41. The lowest BCUT2D eigenvalue weighted by Gasteiger charge is -2.39. The average Bonchev–Trinajstić information content (AvgIpc) is 3.00. The lowest BCUT2D eigenvalue weighted by molar-refractivity contribution is -0.156. The summed E-state index contributed by atoms with van der Waals surface area (Å²) in [5.41, 5.74) is 1.68. The normalized spacial score (nSPS) is 18.9. The first-order chi connectivity index (χ1) is 15.4. The van der Waals surface area contributed by atoms with E-state index in [4.69, 9.17) is 4.74 Å². The van der Waals surface area contributed by atoms with Crippen molar-refractivity contribution in [3.05, 3.63) is 65.5 Å². The third-order valence-corrected chi connectivity index (χ3v) is 5.87. The van der Waals surface area contributed by atoms with Gasteiger partial charge in [-0.25, -0.2) is 4.39 Å². The maximum absolute atomic E-state index is 13.5. The van der Waals surface area contributed by atoms with Gasteiger partial charge in [0.15, 0.2) is 6.61 Å². The molecule has 2 fully saturated rings. The summed E-state index contributed by atoms with van der Waals surface area (Å²) >= 11 is 0. The molecule has 0 spiro atoms. The van der Waals surface area contributed by atoms with E-state index >= 15 is 0 Å². The fourth-order valence-electron chi connectivity index (χ4n) is 4.21. The zero-order chi connectivity index (χ0) is 22.7. The fourth-order valence-corrected chi connectivity index (χ4v) is 4.21. The van der Waals surface area contributed by atoms with Crippen LogP contribution in [0.1, 0.15) is 17.5 Å². The number of hydrogen-bond acceptors (Lipinski definition) is 4. The van der Waals surface area contributed by atoms with Gasteiger partial charge in [0.1, 0.15) is 24.2 Å². The topological polar surface area (TPSA) is 70.2 Å². The Bertz CT molecular complexity index is 1030. The van der Waals surface area contributed by atoms with Crippen LogP contribution < -0.4 is 4.74 Å². The van der Waals surface area contributed by atoms with E-state index in [2.05, 4.69) is 0 Å². The van der Waals surface area contributed by atoms with Gasteiger partial charge in [0.25, 0.3) is 5.91 Å². The van der Waals surface area contributed by atoms with Crippen molar-refractivity contribution in [1.29, 1.82) is 0 Å². The van der Waals surface area contributed by atoms with E-state index in [1.807, 2.05) is 25.1 Å². The van der Waals surface area contributed by atoms with E-state index in [1.54, 1.807) is 28.0 Å². The second-order valence-corrected chi connectivity index (χ2v) is 8.20. The zero-order valence-electron chi connectivity index (χ0n) is 18.0. The third-order valence-electron chi connectivity index (χ3n) is 5.87. The van der Waals surface area contributed by atoms with Crippen LogP contribution >= 0.6 is 0 Å². The minimum absolute atomic E-state index is 0.0454. The van der Waals surface area contributed by atoms with Gasteiger partial charge in [-0.1, -0.05) is 24.3 Å². The van der Waals surface area contributed by atoms with Crippen LogP contribution in [0.4, 0.5) is 4.39 Å². The van der Waals surface area contributed by atoms with Crippen LogP contribution in [-0.2, 0) is 20.9 Å². The molecule has 0 bridgehead atoms. The number of rotatable bonds is 5. The van der Waals surface area contributed by atoms with Crippen LogP contribution in [0.2, 0.25) is 0 Å². The summed E-state index contributed by atoms with van der Waals surface area (Å²) in [6.07, 6.45) is 0.362. The van der Waals surface area contributed by atoms with Crippen molar-refractivity contribution in [1.82, 2.24) is 14.7 Å². The van der Waals surface area contributed by atoms with Crippen LogP contribution in [0.5, 0.6) is 5.75 Å². The minimum Gasteiger partial charge on any atom is -0.484 e. The molecule has 0 aromatic heterocycles. The Balaban J connectivity index is 1.38. The van der Waals surface area contributed by atoms with E-state index in [-0.39, 0.29) is 43.2 Å². The number of hydrogen-bond donors (Lipinski definition) is 0. The number of amides is 3. The molecule has 0 N–H and O–H groups in total. The number of aryl methyl sites for hydroxylation is 1. The minimum atomic E-state index is -0.611. The molecule has 1 unspecified atom stereocenters. The number of piperazine rings is 1. The molecule has 2 aliphatic rings. The maximum Gasteiger partial charge on any atom is 0.260 e. The Labute approximate surface area is 186 Å². The first kappa shape index (κ1) is 21.8. The number of nitrogens with zero attached hydrogens (tertiary/aromatic N) is 3.